The molecule has 0 aliphatic heterocycles. The molecule has 0 radical (unpaired) electrons. The van der Waals surface area contributed by atoms with E-state index in [2.05, 4.69) is 15.1 Å². The van der Waals surface area contributed by atoms with Crippen molar-refractivity contribution in [2.75, 3.05) is 0 Å². The second-order valence-electron chi connectivity index (χ2n) is 3.16. The molecule has 0 saturated carbocycles. The minimum atomic E-state index is 0.369. The van der Waals surface area contributed by atoms with Crippen LogP contribution in [-0.4, -0.2) is 19.7 Å². The van der Waals surface area contributed by atoms with E-state index < -0.39 is 0 Å². The topological polar surface area (TPSA) is 43.6 Å². The lowest BCUT2D eigenvalue weighted by molar-refractivity contribution is 0.768. The number of hydrogen-bond donors (Lipinski definition) is 0. The van der Waals surface area contributed by atoms with Crippen LogP contribution in [0.5, 0.6) is 0 Å². The van der Waals surface area contributed by atoms with Crippen molar-refractivity contribution in [2.45, 2.75) is 6.92 Å². The van der Waals surface area contributed by atoms with Crippen molar-refractivity contribution < 1.29 is 0 Å². The highest BCUT2D eigenvalue weighted by Crippen LogP contribution is 2.24. The first kappa shape index (κ1) is 10.4. The maximum absolute atomic E-state index is 5.91. The maximum Gasteiger partial charge on any atom is 0.165 e. The average molecular weight is 243 g/mol. The number of nitrogens with zero attached hydrogens (tertiary/aromatic N) is 4. The molecule has 0 bridgehead atoms. The molecule has 78 valence electrons. The molecule has 2 aromatic heterocycles. The lowest BCUT2D eigenvalue weighted by Crippen LogP contribution is -1.93. The summed E-state index contributed by atoms with van der Waals surface area (Å²) >= 11 is 11.8. The fraction of sp³-hybridized carbons (Fsp3) is 0.222. The molecule has 4 nitrogen and oxygen atoms in total. The van der Waals surface area contributed by atoms with Gasteiger partial charge in [0.05, 0.1) is 11.8 Å². The van der Waals surface area contributed by atoms with Crippen molar-refractivity contribution in [3.63, 3.8) is 0 Å². The highest BCUT2D eigenvalue weighted by Gasteiger charge is 2.10. The zero-order valence-corrected chi connectivity index (χ0v) is 9.71. The Labute approximate surface area is 96.9 Å². The Morgan fingerprint density at radius 2 is 1.80 bits per heavy atom. The van der Waals surface area contributed by atoms with E-state index in [9.17, 15) is 0 Å². The SMILES string of the molecule is Cc1c(Cl)nc(-c2cnn(C)c2)nc1Cl. The molecular formula is C9H8Cl2N4. The fourth-order valence-electron chi connectivity index (χ4n) is 1.13. The second-order valence-corrected chi connectivity index (χ2v) is 3.87. The summed E-state index contributed by atoms with van der Waals surface area (Å²) in [6, 6.07) is 0. The Hall–Kier alpha value is -1.13. The standard InChI is InChI=1S/C9H8Cl2N4/c1-5-7(10)13-9(14-8(5)11)6-3-12-15(2)4-6/h3-4H,1-2H3. The molecule has 2 aromatic rings. The Morgan fingerprint density at radius 1 is 1.20 bits per heavy atom. The van der Waals surface area contributed by atoms with E-state index >= 15 is 0 Å². The van der Waals surface area contributed by atoms with E-state index in [1.54, 1.807) is 24.0 Å². The van der Waals surface area contributed by atoms with Gasteiger partial charge in [-0.15, -0.1) is 0 Å². The summed E-state index contributed by atoms with van der Waals surface area (Å²) in [6.07, 6.45) is 3.47. The van der Waals surface area contributed by atoms with E-state index in [4.69, 9.17) is 23.2 Å². The molecule has 0 unspecified atom stereocenters. The Bertz CT molecular complexity index is 484. The molecule has 0 aliphatic carbocycles. The molecule has 0 aliphatic rings. The third-order valence-electron chi connectivity index (χ3n) is 1.99. The summed E-state index contributed by atoms with van der Waals surface area (Å²) in [5, 5.41) is 4.76. The third kappa shape index (κ3) is 1.96. The van der Waals surface area contributed by atoms with Gasteiger partial charge in [0.2, 0.25) is 0 Å². The molecule has 0 spiro atoms. The number of rotatable bonds is 1. The summed E-state index contributed by atoms with van der Waals surface area (Å²) in [5.41, 5.74) is 1.48. The van der Waals surface area contributed by atoms with Crippen LogP contribution in [0.15, 0.2) is 12.4 Å². The predicted molar refractivity (Wildman–Crippen MR) is 59.0 cm³/mol. The molecule has 15 heavy (non-hydrogen) atoms. The Kier molecular flexibility index (Phi) is 2.63. The summed E-state index contributed by atoms with van der Waals surface area (Å²) < 4.78 is 1.67. The fourth-order valence-corrected chi connectivity index (χ4v) is 1.52. The number of aromatic nitrogens is 4. The molecule has 6 heteroatoms. The molecule has 0 N–H and O–H groups in total. The smallest absolute Gasteiger partial charge is 0.165 e. The van der Waals surface area contributed by atoms with E-state index in [0.29, 0.717) is 21.7 Å². The van der Waals surface area contributed by atoms with Gasteiger partial charge in [-0.3, -0.25) is 4.68 Å². The third-order valence-corrected chi connectivity index (χ3v) is 2.73. The van der Waals surface area contributed by atoms with E-state index in [0.717, 1.165) is 5.56 Å². The molecule has 0 atom stereocenters. The molecule has 0 amide bonds. The summed E-state index contributed by atoms with van der Waals surface area (Å²) in [7, 11) is 1.82. The van der Waals surface area contributed by atoms with Crippen LogP contribution < -0.4 is 0 Å². The zero-order chi connectivity index (χ0) is 11.0. The first-order chi connectivity index (χ1) is 7.08. The van der Waals surface area contributed by atoms with Gasteiger partial charge >= 0.3 is 0 Å². The Balaban J connectivity index is 2.55. The molecule has 2 rings (SSSR count). The van der Waals surface area contributed by atoms with Gasteiger partial charge in [-0.25, -0.2) is 9.97 Å². The van der Waals surface area contributed by atoms with Crippen LogP contribution in [-0.2, 0) is 7.05 Å². The lowest BCUT2D eigenvalue weighted by atomic mass is 10.3. The Morgan fingerprint density at radius 3 is 2.27 bits per heavy atom. The van der Waals surface area contributed by atoms with E-state index in [-0.39, 0.29) is 0 Å². The van der Waals surface area contributed by atoms with Crippen molar-refractivity contribution in [1.82, 2.24) is 19.7 Å². The normalized spacial score (nSPS) is 10.7. The van der Waals surface area contributed by atoms with Gasteiger partial charge in [-0.1, -0.05) is 23.2 Å². The van der Waals surface area contributed by atoms with Gasteiger partial charge in [0.15, 0.2) is 5.82 Å². The first-order valence-electron chi connectivity index (χ1n) is 4.26. The number of aryl methyl sites for hydroxylation is 1. The van der Waals surface area contributed by atoms with Crippen LogP contribution in [0.2, 0.25) is 10.3 Å². The van der Waals surface area contributed by atoms with Gasteiger partial charge in [-0.05, 0) is 6.92 Å². The molecule has 2 heterocycles. The zero-order valence-electron chi connectivity index (χ0n) is 8.20. The van der Waals surface area contributed by atoms with Gasteiger partial charge in [0.25, 0.3) is 0 Å². The van der Waals surface area contributed by atoms with Crippen molar-refractivity contribution in [3.05, 3.63) is 28.3 Å². The van der Waals surface area contributed by atoms with E-state index in [1.807, 2.05) is 7.05 Å². The van der Waals surface area contributed by atoms with Crippen LogP contribution in [0.4, 0.5) is 0 Å². The second kappa shape index (κ2) is 3.79. The monoisotopic (exact) mass is 242 g/mol. The van der Waals surface area contributed by atoms with Crippen molar-refractivity contribution >= 4 is 23.2 Å². The van der Waals surface area contributed by atoms with Gasteiger partial charge < -0.3 is 0 Å². The predicted octanol–water partition coefficient (Wildman–Crippen LogP) is 2.49. The molecule has 0 fully saturated rings. The van der Waals surface area contributed by atoms with Gasteiger partial charge in [0, 0.05) is 18.8 Å². The maximum atomic E-state index is 5.91. The highest BCUT2D eigenvalue weighted by molar-refractivity contribution is 6.34. The van der Waals surface area contributed by atoms with Gasteiger partial charge in [0.1, 0.15) is 10.3 Å². The van der Waals surface area contributed by atoms with Crippen LogP contribution in [0, 0.1) is 6.92 Å². The summed E-state index contributed by atoms with van der Waals surface area (Å²) in [6.45, 7) is 1.78. The average Bonchev–Trinajstić information content (AvgIpc) is 2.60. The quantitative estimate of drug-likeness (QED) is 0.722. The van der Waals surface area contributed by atoms with Crippen LogP contribution in [0.3, 0.4) is 0 Å². The summed E-state index contributed by atoms with van der Waals surface area (Å²) in [4.78, 5) is 8.27. The molecular weight excluding hydrogens is 235 g/mol. The van der Waals surface area contributed by atoms with Gasteiger partial charge in [-0.2, -0.15) is 5.10 Å². The van der Waals surface area contributed by atoms with Crippen molar-refractivity contribution in [3.8, 4) is 11.4 Å². The van der Waals surface area contributed by atoms with Crippen molar-refractivity contribution in [2.24, 2.45) is 7.05 Å². The lowest BCUT2D eigenvalue weighted by Gasteiger charge is -2.02. The van der Waals surface area contributed by atoms with Crippen LogP contribution >= 0.6 is 23.2 Å². The first-order valence-corrected chi connectivity index (χ1v) is 5.02. The van der Waals surface area contributed by atoms with Crippen LogP contribution in [0.1, 0.15) is 5.56 Å². The highest BCUT2D eigenvalue weighted by atomic mass is 35.5. The minimum Gasteiger partial charge on any atom is -0.275 e. The minimum absolute atomic E-state index is 0.369. The van der Waals surface area contributed by atoms with E-state index in [1.165, 1.54) is 0 Å². The summed E-state index contributed by atoms with van der Waals surface area (Å²) in [5.74, 6) is 0.490. The van der Waals surface area contributed by atoms with Crippen molar-refractivity contribution in [1.29, 1.82) is 0 Å². The number of halogens is 2. The molecule has 0 saturated heterocycles. The largest absolute Gasteiger partial charge is 0.275 e. The number of hydrogen-bond acceptors (Lipinski definition) is 3. The molecule has 0 aromatic carbocycles. The van der Waals surface area contributed by atoms with Crippen LogP contribution in [0.25, 0.3) is 11.4 Å².